The third-order valence-electron chi connectivity index (χ3n) is 7.28. The average Bonchev–Trinajstić information content (AvgIpc) is 3.21. The summed E-state index contributed by atoms with van der Waals surface area (Å²) in [5.74, 6) is 0.389. The first-order valence-electron chi connectivity index (χ1n) is 9.10. The van der Waals surface area contributed by atoms with E-state index in [2.05, 4.69) is 31.7 Å². The normalized spacial score (nSPS) is 34.0. The van der Waals surface area contributed by atoms with Crippen molar-refractivity contribution in [3.63, 3.8) is 0 Å². The first kappa shape index (κ1) is 15.5. The van der Waals surface area contributed by atoms with E-state index in [0.29, 0.717) is 11.8 Å². The molecule has 2 bridgehead atoms. The summed E-state index contributed by atoms with van der Waals surface area (Å²) in [6.45, 7) is 8.98. The third kappa shape index (κ3) is 2.09. The van der Waals surface area contributed by atoms with Crippen LogP contribution in [0.2, 0.25) is 0 Å². The number of aromatic hydroxyl groups is 1. The molecule has 3 heteroatoms. The topological polar surface area (TPSA) is 43.7 Å². The predicted octanol–water partition coefficient (Wildman–Crippen LogP) is 3.22. The highest BCUT2D eigenvalue weighted by Gasteiger charge is 2.58. The summed E-state index contributed by atoms with van der Waals surface area (Å²) in [7, 11) is 0. The van der Waals surface area contributed by atoms with Crippen molar-refractivity contribution < 1.29 is 10.2 Å². The molecule has 2 fully saturated rings. The molecule has 0 spiro atoms. The number of phenolic OH excluding ortho intramolecular Hbond substituents is 1. The molecule has 1 aliphatic heterocycles. The predicted molar refractivity (Wildman–Crippen MR) is 91.7 cm³/mol. The number of fused-ring (bicyclic) bond motifs is 4. The monoisotopic (exact) mass is 315 g/mol. The molecule has 0 amide bonds. The fraction of sp³-hybridized carbons (Fsp3) is 0.700. The van der Waals surface area contributed by atoms with Crippen LogP contribution >= 0.6 is 0 Å². The van der Waals surface area contributed by atoms with Gasteiger partial charge in [-0.1, -0.05) is 26.8 Å². The van der Waals surface area contributed by atoms with Crippen LogP contribution in [0.25, 0.3) is 0 Å². The van der Waals surface area contributed by atoms with Crippen molar-refractivity contribution in [3.05, 3.63) is 29.3 Å². The van der Waals surface area contributed by atoms with E-state index in [0.717, 1.165) is 45.2 Å². The highest BCUT2D eigenvalue weighted by atomic mass is 16.3. The van der Waals surface area contributed by atoms with Crippen LogP contribution in [0.3, 0.4) is 0 Å². The number of benzene rings is 1. The van der Waals surface area contributed by atoms with Gasteiger partial charge < -0.3 is 10.2 Å². The molecule has 1 heterocycles. The summed E-state index contributed by atoms with van der Waals surface area (Å²) < 4.78 is 0. The van der Waals surface area contributed by atoms with E-state index < -0.39 is 5.60 Å². The SMILES string of the molecule is CC[C@]12CCN(CC3(O)CC3)C(Cc3ccc(O)cc31)C2(C)C. The van der Waals surface area contributed by atoms with Gasteiger partial charge in [0, 0.05) is 18.0 Å². The van der Waals surface area contributed by atoms with E-state index >= 15 is 0 Å². The number of rotatable bonds is 3. The maximum Gasteiger partial charge on any atom is 0.115 e. The Morgan fingerprint density at radius 1 is 1.22 bits per heavy atom. The van der Waals surface area contributed by atoms with Gasteiger partial charge in [-0.05, 0) is 67.3 Å². The summed E-state index contributed by atoms with van der Waals surface area (Å²) in [6, 6.07) is 6.43. The molecule has 23 heavy (non-hydrogen) atoms. The first-order chi connectivity index (χ1) is 10.8. The fourth-order valence-corrected chi connectivity index (χ4v) is 5.54. The molecular weight excluding hydrogens is 286 g/mol. The van der Waals surface area contributed by atoms with Crippen LogP contribution in [0.1, 0.15) is 57.6 Å². The number of likely N-dealkylation sites (tertiary alicyclic amines) is 1. The maximum absolute atomic E-state index is 10.4. The van der Waals surface area contributed by atoms with E-state index in [-0.39, 0.29) is 10.8 Å². The zero-order valence-corrected chi connectivity index (χ0v) is 14.6. The largest absolute Gasteiger partial charge is 0.508 e. The zero-order valence-electron chi connectivity index (χ0n) is 14.6. The summed E-state index contributed by atoms with van der Waals surface area (Å²) in [5.41, 5.74) is 2.61. The van der Waals surface area contributed by atoms with Gasteiger partial charge in [0.15, 0.2) is 0 Å². The maximum atomic E-state index is 10.4. The van der Waals surface area contributed by atoms with Gasteiger partial charge in [0.2, 0.25) is 0 Å². The first-order valence-corrected chi connectivity index (χ1v) is 9.10. The molecule has 1 saturated carbocycles. The second kappa shape index (κ2) is 4.73. The highest BCUT2D eigenvalue weighted by Crippen LogP contribution is 2.58. The lowest BCUT2D eigenvalue weighted by Crippen LogP contribution is -2.65. The van der Waals surface area contributed by atoms with Gasteiger partial charge in [-0.25, -0.2) is 0 Å². The molecule has 1 saturated heterocycles. The van der Waals surface area contributed by atoms with Gasteiger partial charge in [0.05, 0.1) is 5.60 Å². The van der Waals surface area contributed by atoms with Crippen LogP contribution in [-0.4, -0.2) is 39.8 Å². The Morgan fingerprint density at radius 3 is 2.61 bits per heavy atom. The third-order valence-corrected chi connectivity index (χ3v) is 7.28. The van der Waals surface area contributed by atoms with E-state index in [4.69, 9.17) is 0 Å². The molecular formula is C20H29NO2. The molecule has 3 nitrogen and oxygen atoms in total. The lowest BCUT2D eigenvalue weighted by Gasteiger charge is -2.62. The quantitative estimate of drug-likeness (QED) is 0.900. The standard InChI is InChI=1S/C20H29NO2/c1-4-20-9-10-21(13-19(23)7-8-19)17(18(20,2)3)11-14-5-6-15(22)12-16(14)20/h5-6,12,17,22-23H,4,7-11,13H2,1-3H3/t17?,20-/m0/s1. The Labute approximate surface area is 139 Å². The summed E-state index contributed by atoms with van der Waals surface area (Å²) in [5, 5.41) is 20.5. The van der Waals surface area contributed by atoms with Crippen molar-refractivity contribution in [1.82, 2.24) is 4.90 Å². The number of hydrogen-bond donors (Lipinski definition) is 2. The molecule has 2 N–H and O–H groups in total. The molecule has 3 aliphatic rings. The minimum Gasteiger partial charge on any atom is -0.508 e. The zero-order chi connectivity index (χ0) is 16.5. The molecule has 126 valence electrons. The Balaban J connectivity index is 1.79. The average molecular weight is 315 g/mol. The lowest BCUT2D eigenvalue weighted by atomic mass is 9.49. The van der Waals surface area contributed by atoms with Gasteiger partial charge in [-0.3, -0.25) is 4.90 Å². The van der Waals surface area contributed by atoms with Crippen LogP contribution in [0.15, 0.2) is 18.2 Å². The number of piperidine rings is 1. The molecule has 0 radical (unpaired) electrons. The second-order valence-corrected chi connectivity index (χ2v) is 8.66. The van der Waals surface area contributed by atoms with E-state index in [9.17, 15) is 10.2 Å². The lowest BCUT2D eigenvalue weighted by molar-refractivity contribution is -0.0665. The van der Waals surface area contributed by atoms with Gasteiger partial charge >= 0.3 is 0 Å². The van der Waals surface area contributed by atoms with Gasteiger partial charge in [-0.15, -0.1) is 0 Å². The number of aliphatic hydroxyl groups is 1. The van der Waals surface area contributed by atoms with Gasteiger partial charge in [-0.2, -0.15) is 0 Å². The Hall–Kier alpha value is -1.06. The van der Waals surface area contributed by atoms with Crippen molar-refractivity contribution in [2.45, 2.75) is 69.9 Å². The van der Waals surface area contributed by atoms with Crippen molar-refractivity contribution in [3.8, 4) is 5.75 Å². The Morgan fingerprint density at radius 2 is 1.96 bits per heavy atom. The van der Waals surface area contributed by atoms with Crippen LogP contribution in [-0.2, 0) is 11.8 Å². The van der Waals surface area contributed by atoms with Crippen molar-refractivity contribution in [2.75, 3.05) is 13.1 Å². The van der Waals surface area contributed by atoms with Crippen LogP contribution in [0, 0.1) is 5.41 Å². The molecule has 1 aromatic carbocycles. The Kier molecular flexibility index (Phi) is 3.18. The number of phenols is 1. The van der Waals surface area contributed by atoms with Crippen LogP contribution in [0.5, 0.6) is 5.75 Å². The highest BCUT2D eigenvalue weighted by molar-refractivity contribution is 5.46. The summed E-state index contributed by atoms with van der Waals surface area (Å²) in [6.07, 6.45) is 5.16. The van der Waals surface area contributed by atoms with Crippen molar-refractivity contribution in [2.24, 2.45) is 5.41 Å². The molecule has 0 aromatic heterocycles. The van der Waals surface area contributed by atoms with Crippen molar-refractivity contribution >= 4 is 0 Å². The van der Waals surface area contributed by atoms with E-state index in [1.54, 1.807) is 0 Å². The van der Waals surface area contributed by atoms with Gasteiger partial charge in [0.1, 0.15) is 5.75 Å². The van der Waals surface area contributed by atoms with Crippen LogP contribution in [0.4, 0.5) is 0 Å². The molecule has 1 unspecified atom stereocenters. The minimum absolute atomic E-state index is 0.132. The van der Waals surface area contributed by atoms with Crippen LogP contribution < -0.4 is 0 Å². The second-order valence-electron chi connectivity index (χ2n) is 8.66. The molecule has 1 aromatic rings. The number of nitrogens with zero attached hydrogens (tertiary/aromatic N) is 1. The fourth-order valence-electron chi connectivity index (χ4n) is 5.54. The summed E-state index contributed by atoms with van der Waals surface area (Å²) in [4.78, 5) is 2.55. The van der Waals surface area contributed by atoms with Gasteiger partial charge in [0.25, 0.3) is 0 Å². The smallest absolute Gasteiger partial charge is 0.115 e. The summed E-state index contributed by atoms with van der Waals surface area (Å²) >= 11 is 0. The number of β-amino-alcohol motifs (C(OH)–C–C–N with tert-alkyl or cyclic N) is 1. The molecule has 4 rings (SSSR count). The molecule has 2 aliphatic carbocycles. The van der Waals surface area contributed by atoms with E-state index in [1.807, 2.05) is 12.1 Å². The van der Waals surface area contributed by atoms with Crippen molar-refractivity contribution in [1.29, 1.82) is 0 Å². The van der Waals surface area contributed by atoms with E-state index in [1.165, 1.54) is 11.1 Å². The molecule has 2 atom stereocenters. The Bertz CT molecular complexity index is 635. The minimum atomic E-state index is -0.419. The number of hydrogen-bond acceptors (Lipinski definition) is 3.